The maximum absolute atomic E-state index is 12.7. The largest absolute Gasteiger partial charge is 0.573 e. The first kappa shape index (κ1) is 18.3. The van der Waals surface area contributed by atoms with E-state index >= 15 is 0 Å². The van der Waals surface area contributed by atoms with Crippen LogP contribution in [0, 0.1) is 0 Å². The highest BCUT2D eigenvalue weighted by Gasteiger charge is 2.42. The van der Waals surface area contributed by atoms with Gasteiger partial charge in [0, 0.05) is 21.6 Å². The zero-order valence-corrected chi connectivity index (χ0v) is 12.5. The van der Waals surface area contributed by atoms with Crippen molar-refractivity contribution < 1.29 is 39.5 Å². The smallest absolute Gasteiger partial charge is 0.403 e. The summed E-state index contributed by atoms with van der Waals surface area (Å²) in [6, 6.07) is 0.257. The monoisotopic (exact) mass is 421 g/mol. The Morgan fingerprint density at radius 2 is 1.76 bits per heavy atom. The van der Waals surface area contributed by atoms with E-state index in [9.17, 15) is 34.8 Å². The van der Waals surface area contributed by atoms with Gasteiger partial charge in [-0.15, -0.1) is 13.2 Å². The highest BCUT2D eigenvalue weighted by Crippen LogP contribution is 2.39. The van der Waals surface area contributed by atoms with Crippen molar-refractivity contribution in [3.05, 3.63) is 17.3 Å². The fraction of sp³-hybridized carbons (Fsp3) is 0.375. The fourth-order valence-corrected chi connectivity index (χ4v) is 2.89. The molecule has 120 valence electrons. The summed E-state index contributed by atoms with van der Waals surface area (Å²) < 4.78 is 99.8. The molecule has 0 bridgehead atoms. The minimum atomic E-state index is -5.41. The lowest BCUT2D eigenvalue weighted by atomic mass is 10.2. The van der Waals surface area contributed by atoms with Gasteiger partial charge in [0.1, 0.15) is 0 Å². The zero-order valence-electron chi connectivity index (χ0n) is 9.39. The van der Waals surface area contributed by atoms with E-state index < -0.39 is 49.0 Å². The van der Waals surface area contributed by atoms with Crippen molar-refractivity contribution in [3.8, 4) is 5.75 Å². The third-order valence-corrected chi connectivity index (χ3v) is 3.75. The Morgan fingerprint density at radius 3 is 2.10 bits per heavy atom. The Hall–Kier alpha value is -0.750. The number of hydrogen-bond acceptors (Lipinski definition) is 4. The predicted octanol–water partition coefficient (Wildman–Crippen LogP) is 3.82. The zero-order chi connectivity index (χ0) is 16.6. The summed E-state index contributed by atoms with van der Waals surface area (Å²) in [5, 5.41) is -1.61. The molecule has 0 atom stereocenters. The topological polar surface area (TPSA) is 56.3 Å². The maximum atomic E-state index is 12.7. The molecule has 1 rings (SSSR count). The summed E-state index contributed by atoms with van der Waals surface area (Å²) in [5.74, 6) is -1.67. The van der Waals surface area contributed by atoms with Gasteiger partial charge >= 0.3 is 12.5 Å². The molecule has 1 aromatic rings. The molecule has 4 nitrogen and oxygen atoms in total. The van der Waals surface area contributed by atoms with Crippen LogP contribution >= 0.6 is 26.6 Å². The Labute approximate surface area is 126 Å². The number of nitrogens with zero attached hydrogens (tertiary/aromatic N) is 1. The van der Waals surface area contributed by atoms with E-state index in [1.807, 2.05) is 0 Å². The highest BCUT2D eigenvalue weighted by molar-refractivity contribution is 9.08. The van der Waals surface area contributed by atoms with Crippen LogP contribution in [0.3, 0.4) is 0 Å². The molecule has 1 aromatic heterocycles. The molecule has 0 aliphatic rings. The van der Waals surface area contributed by atoms with E-state index in [1.165, 1.54) is 0 Å². The first-order chi connectivity index (χ1) is 9.25. The number of alkyl halides is 7. The molecule has 0 saturated carbocycles. The van der Waals surface area contributed by atoms with Gasteiger partial charge in [-0.25, -0.2) is 13.4 Å². The number of rotatable bonds is 3. The third kappa shape index (κ3) is 4.88. The number of hydrogen-bond donors (Lipinski definition) is 0. The summed E-state index contributed by atoms with van der Waals surface area (Å²) in [6.45, 7) is 0. The van der Waals surface area contributed by atoms with Crippen molar-refractivity contribution in [1.82, 2.24) is 4.98 Å². The van der Waals surface area contributed by atoms with E-state index in [2.05, 4.69) is 25.7 Å². The second-order valence-electron chi connectivity index (χ2n) is 3.42. The van der Waals surface area contributed by atoms with Gasteiger partial charge in [0.25, 0.3) is 9.05 Å². The van der Waals surface area contributed by atoms with E-state index in [0.29, 0.717) is 0 Å². The minimum absolute atomic E-state index is 0.257. The summed E-state index contributed by atoms with van der Waals surface area (Å²) in [7, 11) is 0.214. The van der Waals surface area contributed by atoms with E-state index in [4.69, 9.17) is 10.7 Å². The van der Waals surface area contributed by atoms with E-state index in [1.54, 1.807) is 0 Å². The molecule has 0 aromatic carbocycles. The molecule has 0 N–H and O–H groups in total. The van der Waals surface area contributed by atoms with Crippen molar-refractivity contribution in [2.45, 2.75) is 22.9 Å². The van der Waals surface area contributed by atoms with Crippen LogP contribution in [-0.2, 0) is 20.6 Å². The molecule has 1 heterocycles. The number of halogens is 8. The second-order valence-corrected chi connectivity index (χ2v) is 6.46. The lowest BCUT2D eigenvalue weighted by molar-refractivity contribution is -0.276. The maximum Gasteiger partial charge on any atom is 0.573 e. The number of ether oxygens (including phenoxy) is 1. The summed E-state index contributed by atoms with van der Waals surface area (Å²) >= 11 is 2.71. The van der Waals surface area contributed by atoms with Gasteiger partial charge < -0.3 is 4.74 Å². The average Bonchev–Trinajstić information content (AvgIpc) is 2.22. The number of pyridine rings is 1. The second kappa shape index (κ2) is 5.80. The van der Waals surface area contributed by atoms with Gasteiger partial charge in [-0.1, -0.05) is 15.9 Å². The molecule has 21 heavy (non-hydrogen) atoms. The van der Waals surface area contributed by atoms with Crippen molar-refractivity contribution >= 4 is 35.7 Å². The van der Waals surface area contributed by atoms with Crippen LogP contribution in [0.1, 0.15) is 11.3 Å². The molecule has 0 unspecified atom stereocenters. The van der Waals surface area contributed by atoms with Crippen molar-refractivity contribution in [2.75, 3.05) is 0 Å². The van der Waals surface area contributed by atoms with Gasteiger partial charge in [-0.3, -0.25) is 0 Å². The van der Waals surface area contributed by atoms with Gasteiger partial charge in [0.2, 0.25) is 0 Å². The molecule has 0 radical (unpaired) electrons. The van der Waals surface area contributed by atoms with Gasteiger partial charge in [0.05, 0.1) is 0 Å². The molecule has 0 aliphatic heterocycles. The Kier molecular flexibility index (Phi) is 5.05. The predicted molar refractivity (Wildman–Crippen MR) is 61.6 cm³/mol. The van der Waals surface area contributed by atoms with E-state index in [0.717, 1.165) is 0 Å². The van der Waals surface area contributed by atoms with Gasteiger partial charge in [-0.2, -0.15) is 13.2 Å². The fourth-order valence-electron chi connectivity index (χ4n) is 1.23. The molecular weight excluding hydrogens is 420 g/mol. The van der Waals surface area contributed by atoms with Crippen molar-refractivity contribution in [2.24, 2.45) is 0 Å². The van der Waals surface area contributed by atoms with Crippen LogP contribution in [0.25, 0.3) is 0 Å². The SMILES string of the molecule is O=S(=O)(Cl)c1nc(C(F)(F)F)c(OC(F)(F)F)cc1CBr. The lowest BCUT2D eigenvalue weighted by Gasteiger charge is -2.16. The molecule has 0 fully saturated rings. The third-order valence-electron chi connectivity index (χ3n) is 1.90. The molecule has 13 heteroatoms. The van der Waals surface area contributed by atoms with Crippen molar-refractivity contribution in [3.63, 3.8) is 0 Å². The summed E-state index contributed by atoms with van der Waals surface area (Å²) in [5.41, 5.74) is -2.67. The first-order valence-corrected chi connectivity index (χ1v) is 8.06. The Bertz CT molecular complexity index is 645. The quantitative estimate of drug-likeness (QED) is 0.422. The summed E-state index contributed by atoms with van der Waals surface area (Å²) in [6.07, 6.45) is -10.8. The van der Waals surface area contributed by atoms with Gasteiger partial charge in [-0.05, 0) is 6.07 Å². The first-order valence-electron chi connectivity index (χ1n) is 4.63. The molecule has 0 amide bonds. The summed E-state index contributed by atoms with van der Waals surface area (Å²) in [4.78, 5) is 2.67. The molecule has 0 saturated heterocycles. The van der Waals surface area contributed by atoms with Crippen LogP contribution in [0.15, 0.2) is 11.1 Å². The molecule has 0 aliphatic carbocycles. The highest BCUT2D eigenvalue weighted by atomic mass is 79.9. The van der Waals surface area contributed by atoms with Crippen LogP contribution in [0.5, 0.6) is 5.75 Å². The average molecular weight is 423 g/mol. The van der Waals surface area contributed by atoms with Crippen LogP contribution in [0.4, 0.5) is 26.3 Å². The normalized spacial score (nSPS) is 13.3. The molecule has 0 spiro atoms. The van der Waals surface area contributed by atoms with Crippen LogP contribution in [-0.4, -0.2) is 19.8 Å². The molecular formula is C8H3BrClF6NO3S. The standard InChI is InChI=1S/C8H3BrClF6NO3S/c9-2-3-1-4(20-8(14,15)16)5(7(11,12)13)17-6(3)21(10,18)19/h1H,2H2. The number of aromatic nitrogens is 1. The lowest BCUT2D eigenvalue weighted by Crippen LogP contribution is -2.22. The van der Waals surface area contributed by atoms with Crippen LogP contribution < -0.4 is 4.74 Å². The van der Waals surface area contributed by atoms with E-state index in [-0.39, 0.29) is 6.07 Å². The van der Waals surface area contributed by atoms with Crippen molar-refractivity contribution in [1.29, 1.82) is 0 Å². The Morgan fingerprint density at radius 1 is 1.24 bits per heavy atom. The Balaban J connectivity index is 3.65. The van der Waals surface area contributed by atoms with Gasteiger partial charge in [0.15, 0.2) is 16.5 Å². The van der Waals surface area contributed by atoms with Crippen LogP contribution in [0.2, 0.25) is 0 Å². The minimum Gasteiger partial charge on any atom is -0.403 e.